The molecule has 0 bridgehead atoms. The number of hydrogen-bond donors (Lipinski definition) is 1. The molecule has 1 saturated carbocycles. The number of terminal acetylenes is 1. The molecule has 0 heterocycles. The van der Waals surface area contributed by atoms with Gasteiger partial charge in [0.15, 0.2) is 5.78 Å². The fourth-order valence-corrected chi connectivity index (χ4v) is 1.37. The molecule has 1 unspecified atom stereocenters. The third kappa shape index (κ3) is 2.35. The van der Waals surface area contributed by atoms with Crippen molar-refractivity contribution in [1.29, 1.82) is 0 Å². The van der Waals surface area contributed by atoms with Crippen LogP contribution in [0.3, 0.4) is 0 Å². The van der Waals surface area contributed by atoms with E-state index in [0.29, 0.717) is 18.8 Å². The third-order valence-electron chi connectivity index (χ3n) is 2.47. The largest absolute Gasteiger partial charge is 0.321 e. The summed E-state index contributed by atoms with van der Waals surface area (Å²) in [5.74, 6) is 3.15. The van der Waals surface area contributed by atoms with E-state index in [0.717, 1.165) is 0 Å². The second-order valence-corrected chi connectivity index (χ2v) is 3.48. The Morgan fingerprint density at radius 2 is 2.33 bits per heavy atom. The number of ketones is 1. The Bertz CT molecular complexity index is 200. The molecular weight excluding hydrogens is 150 g/mol. The second kappa shape index (κ2) is 4.27. The summed E-state index contributed by atoms with van der Waals surface area (Å²) < 4.78 is 0. The molecule has 2 N–H and O–H groups in total. The van der Waals surface area contributed by atoms with Gasteiger partial charge < -0.3 is 5.73 Å². The molecule has 1 rings (SSSR count). The molecule has 12 heavy (non-hydrogen) atoms. The Kier molecular flexibility index (Phi) is 3.31. The van der Waals surface area contributed by atoms with Crippen molar-refractivity contribution in [3.63, 3.8) is 0 Å². The van der Waals surface area contributed by atoms with Gasteiger partial charge >= 0.3 is 0 Å². The van der Waals surface area contributed by atoms with Crippen LogP contribution in [0.2, 0.25) is 0 Å². The van der Waals surface area contributed by atoms with Crippen LogP contribution in [0.1, 0.15) is 32.1 Å². The van der Waals surface area contributed by atoms with Gasteiger partial charge in [0.1, 0.15) is 0 Å². The average Bonchev–Trinajstić information content (AvgIpc) is 1.97. The first-order valence-corrected chi connectivity index (χ1v) is 4.45. The van der Waals surface area contributed by atoms with Crippen LogP contribution in [-0.4, -0.2) is 11.8 Å². The van der Waals surface area contributed by atoms with Crippen molar-refractivity contribution in [1.82, 2.24) is 0 Å². The Hall–Kier alpha value is -0.810. The van der Waals surface area contributed by atoms with Crippen LogP contribution >= 0.6 is 0 Å². The molecule has 1 aliphatic carbocycles. The van der Waals surface area contributed by atoms with E-state index in [1.165, 1.54) is 19.3 Å². The van der Waals surface area contributed by atoms with Crippen LogP contribution in [0.4, 0.5) is 0 Å². The summed E-state index contributed by atoms with van der Waals surface area (Å²) in [6.07, 6.45) is 9.73. The van der Waals surface area contributed by atoms with Crippen molar-refractivity contribution in [3.05, 3.63) is 0 Å². The summed E-state index contributed by atoms with van der Waals surface area (Å²) in [6.45, 7) is 0. The lowest BCUT2D eigenvalue weighted by Crippen LogP contribution is -2.32. The molecule has 66 valence electrons. The molecule has 1 atom stereocenters. The minimum atomic E-state index is -0.421. The lowest BCUT2D eigenvalue weighted by Gasteiger charge is -2.25. The third-order valence-corrected chi connectivity index (χ3v) is 2.47. The fourth-order valence-electron chi connectivity index (χ4n) is 1.37. The number of carbonyl (C=O) groups is 1. The fraction of sp³-hybridized carbons (Fsp3) is 0.700. The van der Waals surface area contributed by atoms with Gasteiger partial charge in [0.2, 0.25) is 0 Å². The summed E-state index contributed by atoms with van der Waals surface area (Å²) in [5, 5.41) is 0. The van der Waals surface area contributed by atoms with Gasteiger partial charge in [-0.05, 0) is 5.92 Å². The molecule has 0 saturated heterocycles. The van der Waals surface area contributed by atoms with Crippen molar-refractivity contribution in [2.24, 2.45) is 11.7 Å². The normalized spacial score (nSPS) is 19.3. The van der Waals surface area contributed by atoms with Crippen LogP contribution in [0.15, 0.2) is 0 Å². The molecule has 0 amide bonds. The quantitative estimate of drug-likeness (QED) is 0.634. The van der Waals surface area contributed by atoms with Gasteiger partial charge in [0.05, 0.1) is 6.04 Å². The molecule has 0 radical (unpaired) electrons. The van der Waals surface area contributed by atoms with Gasteiger partial charge in [-0.2, -0.15) is 0 Å². The Balaban J connectivity index is 2.22. The first-order chi connectivity index (χ1) is 5.74. The summed E-state index contributed by atoms with van der Waals surface area (Å²) in [4.78, 5) is 11.3. The van der Waals surface area contributed by atoms with Crippen molar-refractivity contribution in [3.8, 4) is 12.3 Å². The molecule has 0 aromatic carbocycles. The molecule has 0 aliphatic heterocycles. The molecule has 0 aromatic rings. The van der Waals surface area contributed by atoms with Gasteiger partial charge in [-0.15, -0.1) is 12.3 Å². The zero-order valence-corrected chi connectivity index (χ0v) is 7.25. The molecule has 1 aliphatic rings. The van der Waals surface area contributed by atoms with E-state index < -0.39 is 6.04 Å². The lowest BCUT2D eigenvalue weighted by molar-refractivity contribution is -0.121. The minimum absolute atomic E-state index is 0.137. The first kappa shape index (κ1) is 9.28. The highest BCUT2D eigenvalue weighted by molar-refractivity contribution is 5.84. The standard InChI is InChI=1S/C10H15NO/c1-2-4-9(11)10(12)7-8-5-3-6-8/h1,8-9H,3-7,11H2. The summed E-state index contributed by atoms with van der Waals surface area (Å²) >= 11 is 0. The van der Waals surface area contributed by atoms with Crippen LogP contribution in [0, 0.1) is 18.3 Å². The number of Topliss-reactive ketones (excluding diaryl/α,β-unsaturated/α-hetero) is 1. The maximum Gasteiger partial charge on any atom is 0.150 e. The topological polar surface area (TPSA) is 43.1 Å². The maximum atomic E-state index is 11.3. The number of hydrogen-bond acceptors (Lipinski definition) is 2. The highest BCUT2D eigenvalue weighted by atomic mass is 16.1. The second-order valence-electron chi connectivity index (χ2n) is 3.48. The molecule has 0 aromatic heterocycles. The van der Waals surface area contributed by atoms with Gasteiger partial charge in [0.25, 0.3) is 0 Å². The zero-order valence-electron chi connectivity index (χ0n) is 7.25. The Morgan fingerprint density at radius 3 is 2.75 bits per heavy atom. The minimum Gasteiger partial charge on any atom is -0.321 e. The predicted octanol–water partition coefficient (Wildman–Crippen LogP) is 1.10. The zero-order chi connectivity index (χ0) is 8.97. The summed E-state index contributed by atoms with van der Waals surface area (Å²) in [5.41, 5.74) is 5.56. The van der Waals surface area contributed by atoms with Gasteiger partial charge in [-0.1, -0.05) is 19.3 Å². The van der Waals surface area contributed by atoms with Crippen molar-refractivity contribution < 1.29 is 4.79 Å². The summed E-state index contributed by atoms with van der Waals surface area (Å²) in [7, 11) is 0. The molecule has 0 spiro atoms. The van der Waals surface area contributed by atoms with Gasteiger partial charge in [-0.3, -0.25) is 4.79 Å². The highest BCUT2D eigenvalue weighted by Crippen LogP contribution is 2.29. The molecule has 1 fully saturated rings. The molecular formula is C10H15NO. The van der Waals surface area contributed by atoms with Crippen molar-refractivity contribution in [2.75, 3.05) is 0 Å². The SMILES string of the molecule is C#CCC(N)C(=O)CC1CCC1. The lowest BCUT2D eigenvalue weighted by atomic mass is 9.81. The maximum absolute atomic E-state index is 11.3. The Morgan fingerprint density at radius 1 is 1.67 bits per heavy atom. The van der Waals surface area contributed by atoms with E-state index in [9.17, 15) is 4.79 Å². The smallest absolute Gasteiger partial charge is 0.150 e. The summed E-state index contributed by atoms with van der Waals surface area (Å²) in [6, 6.07) is -0.421. The predicted molar refractivity (Wildman–Crippen MR) is 48.4 cm³/mol. The van der Waals surface area contributed by atoms with E-state index in [1.807, 2.05) is 0 Å². The van der Waals surface area contributed by atoms with Crippen LogP contribution in [0.5, 0.6) is 0 Å². The van der Waals surface area contributed by atoms with E-state index in [1.54, 1.807) is 0 Å². The van der Waals surface area contributed by atoms with E-state index in [4.69, 9.17) is 12.2 Å². The van der Waals surface area contributed by atoms with E-state index >= 15 is 0 Å². The van der Waals surface area contributed by atoms with Gasteiger partial charge in [-0.25, -0.2) is 0 Å². The number of rotatable bonds is 4. The Labute approximate surface area is 73.5 Å². The van der Waals surface area contributed by atoms with Gasteiger partial charge in [0, 0.05) is 12.8 Å². The highest BCUT2D eigenvalue weighted by Gasteiger charge is 2.23. The first-order valence-electron chi connectivity index (χ1n) is 4.45. The van der Waals surface area contributed by atoms with Crippen molar-refractivity contribution in [2.45, 2.75) is 38.1 Å². The van der Waals surface area contributed by atoms with E-state index in [-0.39, 0.29) is 5.78 Å². The number of nitrogens with two attached hydrogens (primary N) is 1. The van der Waals surface area contributed by atoms with Crippen LogP contribution in [0.25, 0.3) is 0 Å². The molecule has 2 nitrogen and oxygen atoms in total. The van der Waals surface area contributed by atoms with Crippen LogP contribution in [-0.2, 0) is 4.79 Å². The number of carbonyl (C=O) groups excluding carboxylic acids is 1. The monoisotopic (exact) mass is 165 g/mol. The van der Waals surface area contributed by atoms with E-state index in [2.05, 4.69) is 5.92 Å². The van der Waals surface area contributed by atoms with Crippen molar-refractivity contribution >= 4 is 5.78 Å². The van der Waals surface area contributed by atoms with Crippen LogP contribution < -0.4 is 5.73 Å². The average molecular weight is 165 g/mol. The molecule has 2 heteroatoms.